The zero-order chi connectivity index (χ0) is 22.3. The van der Waals surface area contributed by atoms with Crippen molar-refractivity contribution in [2.24, 2.45) is 0 Å². The molecular weight excluding hydrogens is 410 g/mol. The van der Waals surface area contributed by atoms with Crippen LogP contribution in [0.4, 0.5) is 8.78 Å². The van der Waals surface area contributed by atoms with Crippen molar-refractivity contribution in [1.82, 2.24) is 20.0 Å². The van der Waals surface area contributed by atoms with Crippen LogP contribution in [0, 0.1) is 0 Å². The van der Waals surface area contributed by atoms with Crippen molar-refractivity contribution in [3.63, 3.8) is 0 Å². The minimum Gasteiger partial charge on any atom is -0.480 e. The summed E-state index contributed by atoms with van der Waals surface area (Å²) in [4.78, 5) is 35.9. The molecular formula is C21H24F2N4O4. The van der Waals surface area contributed by atoms with Gasteiger partial charge in [0.05, 0.1) is 36.1 Å². The first-order valence-corrected chi connectivity index (χ1v) is 10.4. The number of imide groups is 1. The average molecular weight is 434 g/mol. The van der Waals surface area contributed by atoms with Gasteiger partial charge in [-0.15, -0.1) is 0 Å². The van der Waals surface area contributed by atoms with Crippen LogP contribution in [0.1, 0.15) is 49.3 Å². The van der Waals surface area contributed by atoms with Crippen LogP contribution in [0.25, 0.3) is 10.9 Å². The number of hydrogen-bond donors (Lipinski definition) is 2. The lowest BCUT2D eigenvalue weighted by Crippen LogP contribution is -2.48. The number of piperidine rings is 2. The number of aryl methyl sites for hydroxylation is 1. The molecule has 0 saturated carbocycles. The number of benzene rings is 1. The van der Waals surface area contributed by atoms with E-state index in [1.54, 1.807) is 22.9 Å². The van der Waals surface area contributed by atoms with Crippen molar-refractivity contribution < 1.29 is 28.3 Å². The summed E-state index contributed by atoms with van der Waals surface area (Å²) in [7, 11) is 0. The molecule has 0 aliphatic carbocycles. The first-order valence-electron chi connectivity index (χ1n) is 10.4. The summed E-state index contributed by atoms with van der Waals surface area (Å²) in [5.41, 5.74) is 1.69. The number of nitrogens with zero attached hydrogens (tertiary/aromatic N) is 3. The largest absolute Gasteiger partial charge is 0.480 e. The molecule has 2 amide bonds. The van der Waals surface area contributed by atoms with Crippen molar-refractivity contribution in [2.45, 2.75) is 50.5 Å². The number of carbonyl (C=O) groups excluding carboxylic acids is 2. The smallest absolute Gasteiger partial charge is 0.317 e. The lowest BCUT2D eigenvalue weighted by Gasteiger charge is -2.37. The number of amides is 2. The lowest BCUT2D eigenvalue weighted by atomic mass is 9.85. The molecule has 2 atom stereocenters. The number of fused-ring (bicyclic) bond motifs is 1. The SMILES string of the molecule is CCn1nc(C2CCC(=O)NC2=O)c2ccc(C3CCN(CC(=O)O)CC3(F)F)cc21. The number of carbonyl (C=O) groups is 3. The summed E-state index contributed by atoms with van der Waals surface area (Å²) >= 11 is 0. The van der Waals surface area contributed by atoms with Gasteiger partial charge in [-0.1, -0.05) is 12.1 Å². The molecule has 8 nitrogen and oxygen atoms in total. The molecule has 1 aromatic heterocycles. The Kier molecular flexibility index (Phi) is 5.50. The molecule has 2 aliphatic rings. The highest BCUT2D eigenvalue weighted by atomic mass is 19.3. The van der Waals surface area contributed by atoms with E-state index in [2.05, 4.69) is 10.4 Å². The fourth-order valence-electron chi connectivity index (χ4n) is 4.63. The average Bonchev–Trinajstić information content (AvgIpc) is 3.04. The van der Waals surface area contributed by atoms with Crippen molar-refractivity contribution in [3.05, 3.63) is 29.5 Å². The third kappa shape index (κ3) is 4.04. The molecule has 10 heteroatoms. The summed E-state index contributed by atoms with van der Waals surface area (Å²) in [6, 6.07) is 5.07. The second-order valence-electron chi connectivity index (χ2n) is 8.19. The molecule has 2 unspecified atom stereocenters. The van der Waals surface area contributed by atoms with Crippen LogP contribution < -0.4 is 5.32 Å². The topological polar surface area (TPSA) is 105 Å². The zero-order valence-corrected chi connectivity index (χ0v) is 17.1. The molecule has 2 saturated heterocycles. The summed E-state index contributed by atoms with van der Waals surface area (Å²) in [6.07, 6.45) is 0.741. The van der Waals surface area contributed by atoms with E-state index in [1.807, 2.05) is 6.92 Å². The maximum absolute atomic E-state index is 14.9. The lowest BCUT2D eigenvalue weighted by molar-refractivity contribution is -0.142. The monoisotopic (exact) mass is 434 g/mol. The van der Waals surface area contributed by atoms with Crippen LogP contribution in [-0.4, -0.2) is 63.1 Å². The standard InChI is InChI=1S/C21H24F2N4O4/c1-2-27-16-9-12(15-7-8-26(10-18(29)30)11-21(15,22)23)3-4-13(16)19(25-27)14-5-6-17(28)24-20(14)31/h3-4,9,14-15H,2,5-8,10-11H2,1H3,(H,29,30)(H,24,28,31). The number of aliphatic carboxylic acids is 1. The predicted octanol–water partition coefficient (Wildman–Crippen LogP) is 2.09. The Morgan fingerprint density at radius 3 is 2.74 bits per heavy atom. The van der Waals surface area contributed by atoms with E-state index in [4.69, 9.17) is 5.11 Å². The van der Waals surface area contributed by atoms with Gasteiger partial charge in [-0.2, -0.15) is 5.10 Å². The number of rotatable bonds is 5. The fraction of sp³-hybridized carbons (Fsp3) is 0.524. The van der Waals surface area contributed by atoms with Gasteiger partial charge >= 0.3 is 5.97 Å². The molecule has 0 spiro atoms. The second-order valence-corrected chi connectivity index (χ2v) is 8.19. The van der Waals surface area contributed by atoms with E-state index in [-0.39, 0.29) is 31.2 Å². The van der Waals surface area contributed by atoms with Crippen molar-refractivity contribution >= 4 is 28.7 Å². The quantitative estimate of drug-likeness (QED) is 0.699. The third-order valence-corrected chi connectivity index (χ3v) is 6.11. The number of alkyl halides is 2. The normalized spacial score (nSPS) is 24.4. The highest BCUT2D eigenvalue weighted by Gasteiger charge is 2.45. The van der Waals surface area contributed by atoms with Gasteiger partial charge in [0.25, 0.3) is 5.92 Å². The van der Waals surface area contributed by atoms with Crippen LogP contribution in [0.2, 0.25) is 0 Å². The number of carboxylic acids is 1. The van der Waals surface area contributed by atoms with Crippen molar-refractivity contribution in [2.75, 3.05) is 19.6 Å². The number of nitrogens with one attached hydrogen (secondary N) is 1. The van der Waals surface area contributed by atoms with Gasteiger partial charge in [-0.05, 0) is 37.9 Å². The Labute approximate surface area is 177 Å². The number of halogens is 2. The first-order chi connectivity index (χ1) is 14.7. The minimum absolute atomic E-state index is 0.145. The summed E-state index contributed by atoms with van der Waals surface area (Å²) in [5.74, 6) is -6.46. The molecule has 2 aliphatic heterocycles. The second kappa shape index (κ2) is 7.99. The predicted molar refractivity (Wildman–Crippen MR) is 107 cm³/mol. The first kappa shape index (κ1) is 21.4. The van der Waals surface area contributed by atoms with E-state index in [0.29, 0.717) is 35.1 Å². The molecule has 2 N–H and O–H groups in total. The molecule has 2 aromatic rings. The zero-order valence-electron chi connectivity index (χ0n) is 17.1. The van der Waals surface area contributed by atoms with E-state index < -0.39 is 36.8 Å². The molecule has 166 valence electrons. The van der Waals surface area contributed by atoms with Gasteiger partial charge < -0.3 is 5.11 Å². The van der Waals surface area contributed by atoms with Crippen LogP contribution in [0.15, 0.2) is 18.2 Å². The highest BCUT2D eigenvalue weighted by Crippen LogP contribution is 2.41. The van der Waals surface area contributed by atoms with Gasteiger partial charge in [-0.25, -0.2) is 8.78 Å². The highest BCUT2D eigenvalue weighted by molar-refractivity contribution is 6.02. The molecule has 0 radical (unpaired) electrons. The van der Waals surface area contributed by atoms with E-state index in [9.17, 15) is 23.2 Å². The summed E-state index contributed by atoms with van der Waals surface area (Å²) in [5, 5.41) is 16.5. The maximum atomic E-state index is 14.9. The molecule has 0 bridgehead atoms. The molecule has 31 heavy (non-hydrogen) atoms. The van der Waals surface area contributed by atoms with Crippen LogP contribution in [0.3, 0.4) is 0 Å². The summed E-state index contributed by atoms with van der Waals surface area (Å²) < 4.78 is 31.4. The number of carboxylic acid groups (broad SMARTS) is 1. The van der Waals surface area contributed by atoms with Crippen molar-refractivity contribution in [1.29, 1.82) is 0 Å². The third-order valence-electron chi connectivity index (χ3n) is 6.11. The van der Waals surface area contributed by atoms with Crippen LogP contribution in [-0.2, 0) is 20.9 Å². The molecule has 3 heterocycles. The maximum Gasteiger partial charge on any atom is 0.317 e. The summed E-state index contributed by atoms with van der Waals surface area (Å²) in [6.45, 7) is 1.65. The Morgan fingerprint density at radius 2 is 2.10 bits per heavy atom. The Balaban J connectivity index is 1.66. The van der Waals surface area contributed by atoms with E-state index in [0.717, 1.165) is 0 Å². The number of likely N-dealkylation sites (tertiary alicyclic amines) is 1. The fourth-order valence-corrected chi connectivity index (χ4v) is 4.63. The van der Waals surface area contributed by atoms with Crippen LogP contribution in [0.5, 0.6) is 0 Å². The van der Waals surface area contributed by atoms with Gasteiger partial charge in [0.2, 0.25) is 11.8 Å². The van der Waals surface area contributed by atoms with E-state index in [1.165, 1.54) is 4.90 Å². The molecule has 1 aromatic carbocycles. The van der Waals surface area contributed by atoms with Gasteiger partial charge in [0, 0.05) is 18.4 Å². The van der Waals surface area contributed by atoms with Gasteiger partial charge in [0.15, 0.2) is 0 Å². The Hall–Kier alpha value is -2.88. The Bertz CT molecular complexity index is 1050. The number of aromatic nitrogens is 2. The van der Waals surface area contributed by atoms with Gasteiger partial charge in [-0.3, -0.25) is 29.3 Å². The molecule has 4 rings (SSSR count). The van der Waals surface area contributed by atoms with E-state index >= 15 is 0 Å². The number of hydrogen-bond acceptors (Lipinski definition) is 5. The minimum atomic E-state index is -3.06. The van der Waals surface area contributed by atoms with Crippen LogP contribution >= 0.6 is 0 Å². The van der Waals surface area contributed by atoms with Crippen molar-refractivity contribution in [3.8, 4) is 0 Å². The molecule has 2 fully saturated rings. The Morgan fingerprint density at radius 1 is 1.32 bits per heavy atom. The van der Waals surface area contributed by atoms with Gasteiger partial charge in [0.1, 0.15) is 0 Å².